The van der Waals surface area contributed by atoms with Gasteiger partial charge < -0.3 is 5.73 Å². The molecule has 0 aliphatic carbocycles. The van der Waals surface area contributed by atoms with Crippen LogP contribution in [0.3, 0.4) is 0 Å². The summed E-state index contributed by atoms with van der Waals surface area (Å²) in [5.74, 6) is -3.38. The van der Waals surface area contributed by atoms with Crippen molar-refractivity contribution in [1.82, 2.24) is 0 Å². The first-order chi connectivity index (χ1) is 8.22. The van der Waals surface area contributed by atoms with E-state index in [4.69, 9.17) is 5.73 Å². The molecule has 2 nitrogen and oxygen atoms in total. The number of carbonyl (C=O) groups is 1. The fraction of sp³-hybridized carbons (Fsp3) is 0.364. The van der Waals surface area contributed by atoms with Crippen LogP contribution in [0, 0.1) is 11.6 Å². The summed E-state index contributed by atoms with van der Waals surface area (Å²) in [5.41, 5.74) is 3.85. The summed E-state index contributed by atoms with van der Waals surface area (Å²) >= 11 is 0. The molecule has 0 atom stereocenters. The molecule has 0 amide bonds. The van der Waals surface area contributed by atoms with Crippen molar-refractivity contribution in [1.29, 1.82) is 0 Å². The van der Waals surface area contributed by atoms with Crippen molar-refractivity contribution in [3.05, 3.63) is 29.3 Å². The molecule has 0 fully saturated rings. The average Bonchev–Trinajstić information content (AvgIpc) is 2.22. The highest BCUT2D eigenvalue weighted by atomic mass is 19.4. The van der Waals surface area contributed by atoms with Crippen LogP contribution in [0.2, 0.25) is 0 Å². The van der Waals surface area contributed by atoms with Crippen molar-refractivity contribution >= 4 is 11.5 Å². The zero-order valence-electron chi connectivity index (χ0n) is 9.15. The molecule has 0 saturated carbocycles. The van der Waals surface area contributed by atoms with Gasteiger partial charge in [0, 0.05) is 12.8 Å². The molecule has 7 heteroatoms. The quantitative estimate of drug-likeness (QED) is 0.515. The van der Waals surface area contributed by atoms with Crippen LogP contribution in [0.25, 0.3) is 0 Å². The predicted molar refractivity (Wildman–Crippen MR) is 55.0 cm³/mol. The molecule has 100 valence electrons. The SMILES string of the molecule is Nc1ccc(F)c(C(=O)CCCC(F)(F)F)c1F. The second-order valence-electron chi connectivity index (χ2n) is 3.72. The van der Waals surface area contributed by atoms with Crippen LogP contribution in [0.4, 0.5) is 27.6 Å². The van der Waals surface area contributed by atoms with Gasteiger partial charge in [0.2, 0.25) is 0 Å². The minimum Gasteiger partial charge on any atom is -0.396 e. The minimum atomic E-state index is -4.40. The third-order valence-corrected chi connectivity index (χ3v) is 2.26. The Morgan fingerprint density at radius 2 is 1.83 bits per heavy atom. The van der Waals surface area contributed by atoms with Gasteiger partial charge in [-0.1, -0.05) is 0 Å². The van der Waals surface area contributed by atoms with Gasteiger partial charge in [-0.15, -0.1) is 0 Å². The number of nitrogen functional groups attached to an aromatic ring is 1. The predicted octanol–water partition coefficient (Wildman–Crippen LogP) is 3.46. The van der Waals surface area contributed by atoms with E-state index in [2.05, 4.69) is 0 Å². The van der Waals surface area contributed by atoms with Gasteiger partial charge in [0.15, 0.2) is 11.6 Å². The van der Waals surface area contributed by atoms with E-state index in [1.54, 1.807) is 0 Å². The van der Waals surface area contributed by atoms with Crippen LogP contribution >= 0.6 is 0 Å². The van der Waals surface area contributed by atoms with Crippen LogP contribution < -0.4 is 5.73 Å². The van der Waals surface area contributed by atoms with Crippen molar-refractivity contribution in [3.63, 3.8) is 0 Å². The van der Waals surface area contributed by atoms with Crippen LogP contribution in [-0.2, 0) is 0 Å². The summed E-state index contributed by atoms with van der Waals surface area (Å²) in [4.78, 5) is 11.4. The van der Waals surface area contributed by atoms with Gasteiger partial charge in [-0.3, -0.25) is 4.79 Å². The number of nitrogens with two attached hydrogens (primary N) is 1. The van der Waals surface area contributed by atoms with Crippen LogP contribution in [0.5, 0.6) is 0 Å². The van der Waals surface area contributed by atoms with Gasteiger partial charge in [-0.05, 0) is 18.6 Å². The first-order valence-corrected chi connectivity index (χ1v) is 5.06. The molecule has 1 rings (SSSR count). The number of halogens is 5. The summed E-state index contributed by atoms with van der Waals surface area (Å²) in [7, 11) is 0. The van der Waals surface area contributed by atoms with Crippen LogP contribution in [0.15, 0.2) is 12.1 Å². The van der Waals surface area contributed by atoms with Crippen LogP contribution in [-0.4, -0.2) is 12.0 Å². The third kappa shape index (κ3) is 3.68. The highest BCUT2D eigenvalue weighted by Crippen LogP contribution is 2.25. The lowest BCUT2D eigenvalue weighted by atomic mass is 10.0. The van der Waals surface area contributed by atoms with E-state index in [1.165, 1.54) is 0 Å². The van der Waals surface area contributed by atoms with Gasteiger partial charge in [0.25, 0.3) is 0 Å². The molecule has 1 aromatic rings. The number of anilines is 1. The lowest BCUT2D eigenvalue weighted by Crippen LogP contribution is -2.11. The summed E-state index contributed by atoms with van der Waals surface area (Å²) in [5, 5.41) is 0. The Bertz CT molecular complexity index is 455. The Balaban J connectivity index is 2.76. The molecular formula is C11H10F5NO. The highest BCUT2D eigenvalue weighted by Gasteiger charge is 2.27. The van der Waals surface area contributed by atoms with E-state index in [-0.39, 0.29) is 0 Å². The number of hydrogen-bond acceptors (Lipinski definition) is 2. The fourth-order valence-electron chi connectivity index (χ4n) is 1.40. The lowest BCUT2D eigenvalue weighted by molar-refractivity contribution is -0.135. The van der Waals surface area contributed by atoms with Gasteiger partial charge in [-0.2, -0.15) is 13.2 Å². The van der Waals surface area contributed by atoms with Gasteiger partial charge in [-0.25, -0.2) is 8.78 Å². The fourth-order valence-corrected chi connectivity index (χ4v) is 1.40. The van der Waals surface area contributed by atoms with Crippen molar-refractivity contribution in [2.45, 2.75) is 25.4 Å². The summed E-state index contributed by atoms with van der Waals surface area (Å²) in [6, 6.07) is 1.74. The number of hydrogen-bond donors (Lipinski definition) is 1. The monoisotopic (exact) mass is 267 g/mol. The van der Waals surface area contributed by atoms with Gasteiger partial charge in [0.05, 0.1) is 11.3 Å². The largest absolute Gasteiger partial charge is 0.396 e. The van der Waals surface area contributed by atoms with Crippen molar-refractivity contribution in [2.24, 2.45) is 0 Å². The van der Waals surface area contributed by atoms with Crippen molar-refractivity contribution < 1.29 is 26.7 Å². The van der Waals surface area contributed by atoms with E-state index >= 15 is 0 Å². The van der Waals surface area contributed by atoms with Crippen molar-refractivity contribution in [2.75, 3.05) is 5.73 Å². The first kappa shape index (κ1) is 14.4. The normalized spacial score (nSPS) is 11.6. The number of Topliss-reactive ketones (excluding diaryl/α,β-unsaturated/α-hetero) is 1. The van der Waals surface area contributed by atoms with E-state index in [9.17, 15) is 26.7 Å². The standard InChI is InChI=1S/C11H10F5NO/c12-6-3-4-7(17)10(13)9(6)8(18)2-1-5-11(14,15)16/h3-4H,1-2,5,17H2. The van der Waals surface area contributed by atoms with E-state index < -0.39 is 54.1 Å². The molecule has 0 aromatic heterocycles. The van der Waals surface area contributed by atoms with Gasteiger partial charge >= 0.3 is 6.18 Å². The molecule has 0 heterocycles. The number of benzene rings is 1. The molecule has 0 saturated heterocycles. The smallest absolute Gasteiger partial charge is 0.389 e. The number of carbonyl (C=O) groups excluding carboxylic acids is 1. The van der Waals surface area contributed by atoms with E-state index in [0.717, 1.165) is 12.1 Å². The lowest BCUT2D eigenvalue weighted by Gasteiger charge is -2.07. The number of ketones is 1. The maximum absolute atomic E-state index is 13.4. The summed E-state index contributed by atoms with van der Waals surface area (Å²) < 4.78 is 62.1. The topological polar surface area (TPSA) is 43.1 Å². The second kappa shape index (κ2) is 5.32. The van der Waals surface area contributed by atoms with Crippen molar-refractivity contribution in [3.8, 4) is 0 Å². The first-order valence-electron chi connectivity index (χ1n) is 5.06. The molecular weight excluding hydrogens is 257 g/mol. The van der Waals surface area contributed by atoms with E-state index in [1.807, 2.05) is 0 Å². The number of alkyl halides is 3. The Morgan fingerprint density at radius 1 is 1.22 bits per heavy atom. The molecule has 0 aliphatic heterocycles. The Kier molecular flexibility index (Phi) is 4.26. The maximum atomic E-state index is 13.4. The zero-order valence-corrected chi connectivity index (χ0v) is 9.15. The zero-order chi connectivity index (χ0) is 13.9. The number of rotatable bonds is 4. The molecule has 0 spiro atoms. The molecule has 2 N–H and O–H groups in total. The van der Waals surface area contributed by atoms with Gasteiger partial charge in [0.1, 0.15) is 5.82 Å². The second-order valence-corrected chi connectivity index (χ2v) is 3.72. The summed E-state index contributed by atoms with van der Waals surface area (Å²) in [6.07, 6.45) is -6.68. The third-order valence-electron chi connectivity index (χ3n) is 2.26. The maximum Gasteiger partial charge on any atom is 0.389 e. The Hall–Kier alpha value is -1.66. The molecule has 0 bridgehead atoms. The molecule has 18 heavy (non-hydrogen) atoms. The minimum absolute atomic E-state index is 0.421. The molecule has 0 radical (unpaired) electrons. The highest BCUT2D eigenvalue weighted by molar-refractivity contribution is 5.97. The average molecular weight is 267 g/mol. The van der Waals surface area contributed by atoms with Crippen LogP contribution in [0.1, 0.15) is 29.6 Å². The molecule has 0 aliphatic rings. The Labute approximate surface area is 99.6 Å². The van der Waals surface area contributed by atoms with E-state index in [0.29, 0.717) is 0 Å². The Morgan fingerprint density at radius 3 is 2.39 bits per heavy atom. The molecule has 1 aromatic carbocycles. The summed E-state index contributed by atoms with van der Waals surface area (Å²) in [6.45, 7) is 0. The molecule has 0 unspecified atom stereocenters.